The summed E-state index contributed by atoms with van der Waals surface area (Å²) >= 11 is 0. The first-order valence-electron chi connectivity index (χ1n) is 11.7. The van der Waals surface area contributed by atoms with Crippen molar-refractivity contribution in [1.82, 2.24) is 9.80 Å². The molecule has 6 aliphatic carbocycles. The number of hydrogen-bond donors (Lipinski definition) is 0. The number of fused-ring (bicyclic) bond motifs is 2. The second kappa shape index (κ2) is 6.46. The third kappa shape index (κ3) is 2.97. The highest BCUT2D eigenvalue weighted by Gasteiger charge is 2.52. The Balaban J connectivity index is 1.16. The maximum atomic E-state index is 2.76. The summed E-state index contributed by atoms with van der Waals surface area (Å²) in [5.41, 5.74) is 4.69. The molecule has 0 amide bonds. The molecule has 150 valence electrons. The Hall–Kier alpha value is -0.600. The van der Waals surface area contributed by atoms with E-state index in [1.54, 1.807) is 11.1 Å². The Morgan fingerprint density at radius 2 is 1.19 bits per heavy atom. The second-order valence-corrected chi connectivity index (χ2v) is 11.5. The van der Waals surface area contributed by atoms with Crippen molar-refractivity contribution in [2.45, 2.75) is 59.8 Å². The van der Waals surface area contributed by atoms with Crippen molar-refractivity contribution >= 4 is 0 Å². The van der Waals surface area contributed by atoms with Crippen LogP contribution in [0.2, 0.25) is 0 Å². The van der Waals surface area contributed by atoms with E-state index in [9.17, 15) is 0 Å². The predicted octanol–water partition coefficient (Wildman–Crippen LogP) is 4.98. The van der Waals surface area contributed by atoms with E-state index in [1.807, 2.05) is 0 Å². The molecule has 2 nitrogen and oxygen atoms in total. The highest BCUT2D eigenvalue weighted by atomic mass is 15.2. The Morgan fingerprint density at radius 1 is 0.741 bits per heavy atom. The molecule has 4 bridgehead atoms. The van der Waals surface area contributed by atoms with Crippen LogP contribution in [-0.4, -0.2) is 49.1 Å². The third-order valence-electron chi connectivity index (χ3n) is 9.66. The van der Waals surface area contributed by atoms with Crippen LogP contribution in [0.4, 0.5) is 0 Å². The fourth-order valence-electron chi connectivity index (χ4n) is 7.17. The smallest absolute Gasteiger partial charge is 0.0196 e. The normalized spacial score (nSPS) is 40.3. The summed E-state index contributed by atoms with van der Waals surface area (Å²) in [4.78, 5) is 5.53. The molecule has 7 rings (SSSR count). The molecular weight excluding hydrogens is 328 g/mol. The molecular formula is C25H40N2. The lowest BCUT2D eigenvalue weighted by atomic mass is 9.49. The van der Waals surface area contributed by atoms with Crippen molar-refractivity contribution < 1.29 is 0 Å². The topological polar surface area (TPSA) is 6.48 Å². The van der Waals surface area contributed by atoms with Crippen molar-refractivity contribution in [2.24, 2.45) is 34.5 Å². The van der Waals surface area contributed by atoms with Gasteiger partial charge in [0.25, 0.3) is 0 Å². The first kappa shape index (κ1) is 18.4. The number of allylic oxidation sites excluding steroid dienone is 2. The molecule has 7 aliphatic rings. The van der Waals surface area contributed by atoms with Gasteiger partial charge in [0, 0.05) is 26.2 Å². The van der Waals surface area contributed by atoms with Gasteiger partial charge in [-0.05, 0) is 79.7 Å². The molecule has 1 saturated heterocycles. The van der Waals surface area contributed by atoms with Gasteiger partial charge >= 0.3 is 0 Å². The van der Waals surface area contributed by atoms with E-state index >= 15 is 0 Å². The van der Waals surface area contributed by atoms with Gasteiger partial charge in [0.1, 0.15) is 0 Å². The van der Waals surface area contributed by atoms with Crippen LogP contribution in [0.15, 0.2) is 23.3 Å². The van der Waals surface area contributed by atoms with Gasteiger partial charge in [-0.2, -0.15) is 0 Å². The van der Waals surface area contributed by atoms with Crippen LogP contribution in [0, 0.1) is 34.5 Å². The molecule has 0 spiro atoms. The summed E-state index contributed by atoms with van der Waals surface area (Å²) in [6, 6.07) is 0. The third-order valence-corrected chi connectivity index (χ3v) is 9.66. The standard InChI is InChI=1S/C25H40N2/c1-24(2)20-8-6-18(22(24)14-20)16-26-10-5-11-27(13-12-26)17-19-7-9-21-15-23(19)25(21,3)4/h6-7,20-23H,5,8-17H2,1-4H3. The Labute approximate surface area is 167 Å². The molecule has 4 atom stereocenters. The summed E-state index contributed by atoms with van der Waals surface area (Å²) < 4.78 is 0. The van der Waals surface area contributed by atoms with Gasteiger partial charge in [-0.1, -0.05) is 51.0 Å². The van der Waals surface area contributed by atoms with Crippen LogP contribution in [0.1, 0.15) is 59.8 Å². The maximum Gasteiger partial charge on any atom is 0.0196 e. The van der Waals surface area contributed by atoms with Gasteiger partial charge in [-0.3, -0.25) is 9.80 Å². The average Bonchev–Trinajstić information content (AvgIpc) is 2.87. The fourth-order valence-corrected chi connectivity index (χ4v) is 7.17. The van der Waals surface area contributed by atoms with Crippen molar-refractivity contribution in [1.29, 1.82) is 0 Å². The maximum absolute atomic E-state index is 2.76. The molecule has 3 fully saturated rings. The molecule has 0 N–H and O–H groups in total. The van der Waals surface area contributed by atoms with Crippen LogP contribution in [-0.2, 0) is 0 Å². The van der Waals surface area contributed by atoms with Crippen molar-refractivity contribution in [3.8, 4) is 0 Å². The lowest BCUT2D eigenvalue weighted by Crippen LogP contribution is -2.50. The first-order chi connectivity index (χ1) is 12.9. The van der Waals surface area contributed by atoms with Crippen LogP contribution in [0.5, 0.6) is 0 Å². The largest absolute Gasteiger partial charge is 0.298 e. The molecule has 1 aliphatic heterocycles. The highest BCUT2D eigenvalue weighted by molar-refractivity contribution is 5.25. The highest BCUT2D eigenvalue weighted by Crippen LogP contribution is 2.60. The van der Waals surface area contributed by atoms with E-state index in [-0.39, 0.29) is 0 Å². The van der Waals surface area contributed by atoms with Crippen LogP contribution < -0.4 is 0 Å². The zero-order chi connectivity index (χ0) is 18.8. The van der Waals surface area contributed by atoms with Crippen molar-refractivity contribution in [2.75, 3.05) is 39.3 Å². The number of rotatable bonds is 4. The van der Waals surface area contributed by atoms with Gasteiger partial charge in [-0.25, -0.2) is 0 Å². The summed E-state index contributed by atoms with van der Waals surface area (Å²) in [7, 11) is 0. The van der Waals surface area contributed by atoms with Crippen molar-refractivity contribution in [3.05, 3.63) is 23.3 Å². The monoisotopic (exact) mass is 368 g/mol. The Kier molecular flexibility index (Phi) is 4.41. The van der Waals surface area contributed by atoms with E-state index in [0.29, 0.717) is 10.8 Å². The van der Waals surface area contributed by atoms with Crippen LogP contribution in [0.3, 0.4) is 0 Å². The Bertz CT molecular complexity index is 599. The number of hydrogen-bond acceptors (Lipinski definition) is 2. The second-order valence-electron chi connectivity index (χ2n) is 11.5. The summed E-state index contributed by atoms with van der Waals surface area (Å²) in [5, 5.41) is 0. The van der Waals surface area contributed by atoms with Gasteiger partial charge < -0.3 is 0 Å². The molecule has 1 heterocycles. The molecule has 0 aromatic carbocycles. The van der Waals surface area contributed by atoms with Crippen LogP contribution in [0.25, 0.3) is 0 Å². The van der Waals surface area contributed by atoms with Gasteiger partial charge in [0.15, 0.2) is 0 Å². The van der Waals surface area contributed by atoms with Gasteiger partial charge in [0.2, 0.25) is 0 Å². The molecule has 4 unspecified atom stereocenters. The molecule has 27 heavy (non-hydrogen) atoms. The SMILES string of the molecule is CC1(C)C2CC=C(CN3CCCN(CC4=CCC5CC4C5(C)C)CC3)C1C2. The Morgan fingerprint density at radius 3 is 1.56 bits per heavy atom. The van der Waals surface area contributed by atoms with E-state index in [4.69, 9.17) is 0 Å². The van der Waals surface area contributed by atoms with Crippen LogP contribution >= 0.6 is 0 Å². The van der Waals surface area contributed by atoms with E-state index < -0.39 is 0 Å². The zero-order valence-electron chi connectivity index (χ0n) is 18.1. The summed E-state index contributed by atoms with van der Waals surface area (Å²) in [6.45, 7) is 17.6. The lowest BCUT2D eigenvalue weighted by molar-refractivity contribution is -0.0113. The molecule has 2 saturated carbocycles. The summed E-state index contributed by atoms with van der Waals surface area (Å²) in [6.07, 6.45) is 12.2. The van der Waals surface area contributed by atoms with E-state index in [2.05, 4.69) is 49.6 Å². The minimum atomic E-state index is 0.572. The van der Waals surface area contributed by atoms with E-state index in [1.165, 1.54) is 71.4 Å². The first-order valence-corrected chi connectivity index (χ1v) is 11.7. The minimum absolute atomic E-state index is 0.572. The average molecular weight is 369 g/mol. The lowest BCUT2D eigenvalue weighted by Gasteiger charge is -2.57. The quantitative estimate of drug-likeness (QED) is 0.646. The summed E-state index contributed by atoms with van der Waals surface area (Å²) in [5.74, 6) is 3.67. The molecule has 0 radical (unpaired) electrons. The van der Waals surface area contributed by atoms with Gasteiger partial charge in [-0.15, -0.1) is 0 Å². The fraction of sp³-hybridized carbons (Fsp3) is 0.840. The molecule has 2 heteroatoms. The van der Waals surface area contributed by atoms with E-state index in [0.717, 1.165) is 23.7 Å². The van der Waals surface area contributed by atoms with Gasteiger partial charge in [0.05, 0.1) is 0 Å². The van der Waals surface area contributed by atoms with Crippen molar-refractivity contribution in [3.63, 3.8) is 0 Å². The minimum Gasteiger partial charge on any atom is -0.298 e. The zero-order valence-corrected chi connectivity index (χ0v) is 18.1. The number of nitrogens with zero attached hydrogens (tertiary/aromatic N) is 2. The molecule has 0 aromatic rings. The predicted molar refractivity (Wildman–Crippen MR) is 114 cm³/mol. The molecule has 0 aromatic heterocycles.